The maximum absolute atomic E-state index is 11.6. The van der Waals surface area contributed by atoms with E-state index in [-0.39, 0.29) is 24.5 Å². The van der Waals surface area contributed by atoms with Gasteiger partial charge in [-0.3, -0.25) is 4.79 Å². The van der Waals surface area contributed by atoms with Crippen molar-refractivity contribution in [2.24, 2.45) is 0 Å². The van der Waals surface area contributed by atoms with E-state index < -0.39 is 6.10 Å². The molecular formula is C10H14N2O3. The minimum Gasteiger partial charge on any atom is -0.360 e. The second kappa shape index (κ2) is 5.47. The maximum atomic E-state index is 11.6. The van der Waals surface area contributed by atoms with E-state index in [9.17, 15) is 9.59 Å². The van der Waals surface area contributed by atoms with Crippen LogP contribution in [0.3, 0.4) is 0 Å². The number of carbonyl (C=O) groups is 2. The van der Waals surface area contributed by atoms with Crippen molar-refractivity contribution in [3.63, 3.8) is 0 Å². The zero-order chi connectivity index (χ0) is 11.3. The molecule has 1 rings (SSSR count). The third-order valence-corrected chi connectivity index (χ3v) is 2.25. The Morgan fingerprint density at radius 1 is 1.53 bits per heavy atom. The van der Waals surface area contributed by atoms with E-state index in [4.69, 9.17) is 10.00 Å². The standard InChI is InChI=1S/C10H14N2O3/c1-8(13)2-3-10(14)12-4-5-15-9(6-11)7-12/h9H,2-5,7H2,1H3. The minimum atomic E-state index is -0.528. The molecule has 1 aliphatic rings. The average molecular weight is 210 g/mol. The number of ether oxygens (including phenoxy) is 1. The van der Waals surface area contributed by atoms with E-state index in [2.05, 4.69) is 0 Å². The van der Waals surface area contributed by atoms with Crippen molar-refractivity contribution in [1.29, 1.82) is 5.26 Å². The predicted molar refractivity (Wildman–Crippen MR) is 51.8 cm³/mol. The third kappa shape index (κ3) is 3.68. The van der Waals surface area contributed by atoms with Gasteiger partial charge in [0, 0.05) is 19.4 Å². The van der Waals surface area contributed by atoms with Crippen LogP contribution in [0.15, 0.2) is 0 Å². The molecule has 0 aromatic heterocycles. The number of amides is 1. The Balaban J connectivity index is 2.39. The third-order valence-electron chi connectivity index (χ3n) is 2.25. The van der Waals surface area contributed by atoms with Gasteiger partial charge in [-0.05, 0) is 6.92 Å². The maximum Gasteiger partial charge on any atom is 0.223 e. The second-order valence-corrected chi connectivity index (χ2v) is 3.53. The summed E-state index contributed by atoms with van der Waals surface area (Å²) in [5.41, 5.74) is 0. The lowest BCUT2D eigenvalue weighted by molar-refractivity contribution is -0.138. The van der Waals surface area contributed by atoms with Gasteiger partial charge in [0.25, 0.3) is 0 Å². The van der Waals surface area contributed by atoms with Crippen LogP contribution in [0, 0.1) is 11.3 Å². The Morgan fingerprint density at radius 2 is 2.27 bits per heavy atom. The molecule has 1 atom stereocenters. The largest absolute Gasteiger partial charge is 0.360 e. The van der Waals surface area contributed by atoms with Crippen molar-refractivity contribution in [1.82, 2.24) is 4.90 Å². The van der Waals surface area contributed by atoms with Crippen LogP contribution >= 0.6 is 0 Å². The molecule has 5 heteroatoms. The highest BCUT2D eigenvalue weighted by Crippen LogP contribution is 2.07. The van der Waals surface area contributed by atoms with Gasteiger partial charge in [0.1, 0.15) is 5.78 Å². The molecule has 0 spiro atoms. The van der Waals surface area contributed by atoms with Crippen LogP contribution in [0.5, 0.6) is 0 Å². The van der Waals surface area contributed by atoms with Gasteiger partial charge in [-0.2, -0.15) is 5.26 Å². The van der Waals surface area contributed by atoms with Crippen LogP contribution in [0.25, 0.3) is 0 Å². The minimum absolute atomic E-state index is 0.00782. The monoisotopic (exact) mass is 210 g/mol. The zero-order valence-electron chi connectivity index (χ0n) is 8.73. The Bertz CT molecular complexity index is 296. The van der Waals surface area contributed by atoms with Crippen LogP contribution in [-0.2, 0) is 14.3 Å². The lowest BCUT2D eigenvalue weighted by Gasteiger charge is -2.29. The summed E-state index contributed by atoms with van der Waals surface area (Å²) in [5.74, 6) is -0.0674. The van der Waals surface area contributed by atoms with E-state index in [1.165, 1.54) is 6.92 Å². The number of ketones is 1. The number of hydrogen-bond donors (Lipinski definition) is 0. The molecule has 1 fully saturated rings. The molecule has 0 N–H and O–H groups in total. The average Bonchev–Trinajstić information content (AvgIpc) is 2.26. The topological polar surface area (TPSA) is 70.4 Å². The Morgan fingerprint density at radius 3 is 2.87 bits per heavy atom. The van der Waals surface area contributed by atoms with Crippen molar-refractivity contribution in [2.45, 2.75) is 25.9 Å². The highest BCUT2D eigenvalue weighted by atomic mass is 16.5. The van der Waals surface area contributed by atoms with E-state index in [0.29, 0.717) is 19.7 Å². The molecule has 1 unspecified atom stereocenters. The molecule has 0 saturated carbocycles. The molecule has 1 amide bonds. The summed E-state index contributed by atoms with van der Waals surface area (Å²) in [7, 11) is 0. The fourth-order valence-corrected chi connectivity index (χ4v) is 1.40. The van der Waals surface area contributed by atoms with Crippen LogP contribution < -0.4 is 0 Å². The normalized spacial score (nSPS) is 20.8. The van der Waals surface area contributed by atoms with Gasteiger partial charge in [0.2, 0.25) is 5.91 Å². The number of carbonyl (C=O) groups excluding carboxylic acids is 2. The molecule has 1 aliphatic heterocycles. The summed E-state index contributed by atoms with van der Waals surface area (Å²) in [5, 5.41) is 8.64. The van der Waals surface area contributed by atoms with Gasteiger partial charge in [-0.1, -0.05) is 0 Å². The first kappa shape index (κ1) is 11.7. The first-order valence-electron chi connectivity index (χ1n) is 4.92. The van der Waals surface area contributed by atoms with E-state index in [0.717, 1.165) is 0 Å². The van der Waals surface area contributed by atoms with Gasteiger partial charge >= 0.3 is 0 Å². The molecule has 5 nitrogen and oxygen atoms in total. The summed E-state index contributed by atoms with van der Waals surface area (Å²) in [6.07, 6.45) is -0.0269. The Labute approximate surface area is 88.6 Å². The lowest BCUT2D eigenvalue weighted by Crippen LogP contribution is -2.45. The van der Waals surface area contributed by atoms with Gasteiger partial charge in [-0.25, -0.2) is 0 Å². The van der Waals surface area contributed by atoms with Crippen molar-refractivity contribution < 1.29 is 14.3 Å². The van der Waals surface area contributed by atoms with Gasteiger partial charge in [-0.15, -0.1) is 0 Å². The molecule has 0 aromatic carbocycles. The second-order valence-electron chi connectivity index (χ2n) is 3.53. The van der Waals surface area contributed by atoms with Crippen LogP contribution in [0.1, 0.15) is 19.8 Å². The highest BCUT2D eigenvalue weighted by molar-refractivity contribution is 5.83. The Kier molecular flexibility index (Phi) is 4.25. The Hall–Kier alpha value is -1.41. The van der Waals surface area contributed by atoms with Crippen LogP contribution in [-0.4, -0.2) is 42.4 Å². The van der Waals surface area contributed by atoms with Crippen molar-refractivity contribution >= 4 is 11.7 Å². The molecule has 0 aliphatic carbocycles. The van der Waals surface area contributed by atoms with E-state index in [1.807, 2.05) is 6.07 Å². The number of Topliss-reactive ketones (excluding diaryl/α,β-unsaturated/α-hetero) is 1. The lowest BCUT2D eigenvalue weighted by atomic mass is 10.2. The molecule has 1 saturated heterocycles. The van der Waals surface area contributed by atoms with E-state index in [1.54, 1.807) is 4.90 Å². The van der Waals surface area contributed by atoms with Gasteiger partial charge in [0.05, 0.1) is 19.2 Å². The summed E-state index contributed by atoms with van der Waals surface area (Å²) >= 11 is 0. The summed E-state index contributed by atoms with van der Waals surface area (Å²) in [6, 6.07) is 1.97. The van der Waals surface area contributed by atoms with Gasteiger partial charge in [0.15, 0.2) is 6.10 Å². The first-order chi connectivity index (χ1) is 7.13. The molecule has 15 heavy (non-hydrogen) atoms. The molecular weight excluding hydrogens is 196 g/mol. The van der Waals surface area contributed by atoms with Crippen LogP contribution in [0.2, 0.25) is 0 Å². The molecule has 1 heterocycles. The summed E-state index contributed by atoms with van der Waals surface area (Å²) in [4.78, 5) is 23.9. The summed E-state index contributed by atoms with van der Waals surface area (Å²) < 4.78 is 5.11. The van der Waals surface area contributed by atoms with Crippen molar-refractivity contribution in [2.75, 3.05) is 19.7 Å². The SMILES string of the molecule is CC(=O)CCC(=O)N1CCOC(C#N)C1. The number of morpholine rings is 1. The molecule has 0 aromatic rings. The van der Waals surface area contributed by atoms with Crippen molar-refractivity contribution in [3.8, 4) is 6.07 Å². The quantitative estimate of drug-likeness (QED) is 0.662. The number of nitrogens with zero attached hydrogens (tertiary/aromatic N) is 2. The number of nitriles is 1. The summed E-state index contributed by atoms with van der Waals surface area (Å²) in [6.45, 7) is 2.68. The molecule has 0 bridgehead atoms. The fraction of sp³-hybridized carbons (Fsp3) is 0.700. The highest BCUT2D eigenvalue weighted by Gasteiger charge is 2.23. The smallest absolute Gasteiger partial charge is 0.223 e. The molecule has 82 valence electrons. The number of hydrogen-bond acceptors (Lipinski definition) is 4. The van der Waals surface area contributed by atoms with Gasteiger partial charge < -0.3 is 14.4 Å². The number of rotatable bonds is 3. The van der Waals surface area contributed by atoms with Crippen molar-refractivity contribution in [3.05, 3.63) is 0 Å². The fourth-order valence-electron chi connectivity index (χ4n) is 1.40. The zero-order valence-corrected chi connectivity index (χ0v) is 8.73. The van der Waals surface area contributed by atoms with E-state index >= 15 is 0 Å². The predicted octanol–water partition coefficient (Wildman–Crippen LogP) is 0.107. The molecule has 0 radical (unpaired) electrons. The first-order valence-corrected chi connectivity index (χ1v) is 4.92. The van der Waals surface area contributed by atoms with Crippen LogP contribution in [0.4, 0.5) is 0 Å².